The highest BCUT2D eigenvalue weighted by Crippen LogP contribution is 2.20. The number of nitriles is 1. The first kappa shape index (κ1) is 13.9. The summed E-state index contributed by atoms with van der Waals surface area (Å²) in [5.74, 6) is -1.85. The molecule has 0 fully saturated rings. The quantitative estimate of drug-likeness (QED) is 0.867. The largest absolute Gasteiger partial charge is 0.290 e. The van der Waals surface area contributed by atoms with Crippen LogP contribution in [0.1, 0.15) is 47.6 Å². The Hall–Kier alpha value is -2.55. The van der Waals surface area contributed by atoms with Gasteiger partial charge in [0.25, 0.3) is 0 Å². The van der Waals surface area contributed by atoms with Crippen LogP contribution in [0.5, 0.6) is 0 Å². The van der Waals surface area contributed by atoms with Crippen LogP contribution in [-0.2, 0) is 0 Å². The zero-order valence-electron chi connectivity index (χ0n) is 11.1. The number of nitrogens with one attached hydrogen (secondary N) is 1. The van der Waals surface area contributed by atoms with Crippen molar-refractivity contribution in [1.82, 2.24) is 15.2 Å². The predicted octanol–water partition coefficient (Wildman–Crippen LogP) is 2.56. The summed E-state index contributed by atoms with van der Waals surface area (Å²) >= 11 is 0. The molecular weight excluding hydrogens is 259 g/mol. The molecule has 6 heteroatoms. The fraction of sp³-hybridized carbons (Fsp3) is 0.286. The summed E-state index contributed by atoms with van der Waals surface area (Å²) in [6.45, 7) is 3.93. The molecule has 20 heavy (non-hydrogen) atoms. The Balaban J connectivity index is 2.29. The monoisotopic (exact) mass is 272 g/mol. The first-order valence-corrected chi connectivity index (χ1v) is 6.13. The lowest BCUT2D eigenvalue weighted by Crippen LogP contribution is -2.13. The van der Waals surface area contributed by atoms with Crippen LogP contribution in [0, 0.1) is 17.1 Å². The van der Waals surface area contributed by atoms with Gasteiger partial charge in [-0.25, -0.2) is 4.39 Å². The average molecular weight is 272 g/mol. The van der Waals surface area contributed by atoms with Crippen molar-refractivity contribution in [3.63, 3.8) is 0 Å². The number of nitrogens with zero attached hydrogens (tertiary/aromatic N) is 3. The molecular formula is C14H13FN4O. The number of rotatable bonds is 4. The molecule has 0 saturated heterocycles. The molecule has 0 aromatic carbocycles. The van der Waals surface area contributed by atoms with Gasteiger partial charge in [-0.15, -0.1) is 0 Å². The SMILES string of the molecule is CC(C)c1cc(C(=O)[C@@H](C#N)c2ccc(F)cn2)n[nH]1. The molecule has 1 atom stereocenters. The number of aromatic nitrogens is 3. The highest BCUT2D eigenvalue weighted by molar-refractivity contribution is 6.01. The number of hydrogen-bond acceptors (Lipinski definition) is 4. The summed E-state index contributed by atoms with van der Waals surface area (Å²) < 4.78 is 12.8. The summed E-state index contributed by atoms with van der Waals surface area (Å²) in [5, 5.41) is 15.8. The number of carbonyl (C=O) groups is 1. The van der Waals surface area contributed by atoms with Crippen LogP contribution in [-0.4, -0.2) is 21.0 Å². The molecule has 0 saturated carbocycles. The number of ketones is 1. The second-order valence-corrected chi connectivity index (χ2v) is 4.69. The number of halogens is 1. The first-order valence-electron chi connectivity index (χ1n) is 6.13. The second-order valence-electron chi connectivity index (χ2n) is 4.69. The van der Waals surface area contributed by atoms with E-state index < -0.39 is 17.5 Å². The lowest BCUT2D eigenvalue weighted by atomic mass is 9.98. The fourth-order valence-corrected chi connectivity index (χ4v) is 1.72. The van der Waals surface area contributed by atoms with Crippen LogP contribution < -0.4 is 0 Å². The molecule has 0 unspecified atom stereocenters. The standard InChI is InChI=1S/C14H13FN4O/c1-8(2)12-5-13(19-18-12)14(20)10(6-16)11-4-3-9(15)7-17-11/h3-5,7-8,10H,1-2H3,(H,18,19)/t10-/m0/s1. The Bertz CT molecular complexity index is 655. The van der Waals surface area contributed by atoms with Gasteiger partial charge in [-0.1, -0.05) is 13.8 Å². The summed E-state index contributed by atoms with van der Waals surface area (Å²) in [6.07, 6.45) is 0.983. The average Bonchev–Trinajstić information content (AvgIpc) is 2.91. The van der Waals surface area contributed by atoms with Crippen LogP contribution in [0.2, 0.25) is 0 Å². The van der Waals surface area contributed by atoms with Gasteiger partial charge < -0.3 is 0 Å². The molecule has 102 valence electrons. The smallest absolute Gasteiger partial charge is 0.206 e. The maximum Gasteiger partial charge on any atom is 0.206 e. The number of H-pyrrole nitrogens is 1. The molecule has 5 nitrogen and oxygen atoms in total. The maximum absolute atomic E-state index is 12.8. The predicted molar refractivity (Wildman–Crippen MR) is 69.6 cm³/mol. The number of Topliss-reactive ketones (excluding diaryl/α,β-unsaturated/α-hetero) is 1. The van der Waals surface area contributed by atoms with E-state index in [1.54, 1.807) is 6.07 Å². The van der Waals surface area contributed by atoms with Gasteiger partial charge in [-0.3, -0.25) is 14.9 Å². The summed E-state index contributed by atoms with van der Waals surface area (Å²) in [7, 11) is 0. The minimum absolute atomic E-state index is 0.186. The molecule has 0 amide bonds. The highest BCUT2D eigenvalue weighted by atomic mass is 19.1. The van der Waals surface area contributed by atoms with E-state index in [0.717, 1.165) is 11.9 Å². The van der Waals surface area contributed by atoms with Gasteiger partial charge in [0.1, 0.15) is 11.5 Å². The third-order valence-electron chi connectivity index (χ3n) is 2.91. The topological polar surface area (TPSA) is 82.4 Å². The lowest BCUT2D eigenvalue weighted by Gasteiger charge is -2.05. The third kappa shape index (κ3) is 2.72. The van der Waals surface area contributed by atoms with E-state index >= 15 is 0 Å². The van der Waals surface area contributed by atoms with Crippen molar-refractivity contribution in [1.29, 1.82) is 5.26 Å². The summed E-state index contributed by atoms with van der Waals surface area (Å²) in [5.41, 5.74) is 1.22. The number of pyridine rings is 1. The minimum Gasteiger partial charge on any atom is -0.290 e. The van der Waals surface area contributed by atoms with Crippen molar-refractivity contribution in [2.24, 2.45) is 0 Å². The van der Waals surface area contributed by atoms with Gasteiger partial charge >= 0.3 is 0 Å². The summed E-state index contributed by atoms with van der Waals surface area (Å²) in [4.78, 5) is 16.0. The molecule has 2 aromatic heterocycles. The molecule has 2 rings (SSSR count). The van der Waals surface area contributed by atoms with Gasteiger partial charge in [-0.05, 0) is 24.1 Å². The normalized spacial score (nSPS) is 12.2. The Morgan fingerprint density at radius 3 is 2.70 bits per heavy atom. The molecule has 0 bridgehead atoms. The Labute approximate surface area is 115 Å². The molecule has 1 N–H and O–H groups in total. The molecule has 2 heterocycles. The van der Waals surface area contributed by atoms with E-state index in [1.807, 2.05) is 19.9 Å². The van der Waals surface area contributed by atoms with Crippen molar-refractivity contribution >= 4 is 5.78 Å². The Kier molecular flexibility index (Phi) is 3.89. The van der Waals surface area contributed by atoms with Gasteiger partial charge in [0.05, 0.1) is 18.0 Å². The Morgan fingerprint density at radius 1 is 1.45 bits per heavy atom. The van der Waals surface area contributed by atoms with Crippen LogP contribution in [0.15, 0.2) is 24.4 Å². The number of hydrogen-bond donors (Lipinski definition) is 1. The molecule has 0 spiro atoms. The maximum atomic E-state index is 12.8. The fourth-order valence-electron chi connectivity index (χ4n) is 1.72. The molecule has 0 aliphatic heterocycles. The number of carbonyl (C=O) groups excluding carboxylic acids is 1. The highest BCUT2D eigenvalue weighted by Gasteiger charge is 2.25. The molecule has 2 aromatic rings. The number of aromatic amines is 1. The third-order valence-corrected chi connectivity index (χ3v) is 2.91. The second kappa shape index (κ2) is 5.61. The van der Waals surface area contributed by atoms with Crippen molar-refractivity contribution in [2.45, 2.75) is 25.7 Å². The molecule has 0 aliphatic carbocycles. The van der Waals surface area contributed by atoms with E-state index in [4.69, 9.17) is 5.26 Å². The van der Waals surface area contributed by atoms with Crippen LogP contribution in [0.4, 0.5) is 4.39 Å². The van der Waals surface area contributed by atoms with E-state index in [-0.39, 0.29) is 17.3 Å². The zero-order valence-corrected chi connectivity index (χ0v) is 11.1. The van der Waals surface area contributed by atoms with Crippen LogP contribution >= 0.6 is 0 Å². The first-order chi connectivity index (χ1) is 9.52. The van der Waals surface area contributed by atoms with Crippen molar-refractivity contribution in [3.05, 3.63) is 47.3 Å². The van der Waals surface area contributed by atoms with Crippen molar-refractivity contribution in [2.75, 3.05) is 0 Å². The van der Waals surface area contributed by atoms with E-state index in [1.165, 1.54) is 12.1 Å². The van der Waals surface area contributed by atoms with Crippen LogP contribution in [0.3, 0.4) is 0 Å². The molecule has 0 radical (unpaired) electrons. The van der Waals surface area contributed by atoms with Crippen LogP contribution in [0.25, 0.3) is 0 Å². The minimum atomic E-state index is -1.08. The lowest BCUT2D eigenvalue weighted by molar-refractivity contribution is 0.0972. The zero-order chi connectivity index (χ0) is 14.7. The Morgan fingerprint density at radius 2 is 2.20 bits per heavy atom. The van der Waals surface area contributed by atoms with E-state index in [0.29, 0.717) is 0 Å². The van der Waals surface area contributed by atoms with Gasteiger partial charge in [0.15, 0.2) is 5.92 Å². The van der Waals surface area contributed by atoms with E-state index in [9.17, 15) is 9.18 Å². The van der Waals surface area contributed by atoms with Crippen molar-refractivity contribution < 1.29 is 9.18 Å². The molecule has 0 aliphatic rings. The summed E-state index contributed by atoms with van der Waals surface area (Å²) in [6, 6.07) is 6.01. The van der Waals surface area contributed by atoms with Gasteiger partial charge in [0, 0.05) is 5.69 Å². The van der Waals surface area contributed by atoms with Gasteiger partial charge in [-0.2, -0.15) is 10.4 Å². The van der Waals surface area contributed by atoms with Gasteiger partial charge in [0.2, 0.25) is 5.78 Å². The van der Waals surface area contributed by atoms with Crippen molar-refractivity contribution in [3.8, 4) is 6.07 Å². The van der Waals surface area contributed by atoms with E-state index in [2.05, 4.69) is 15.2 Å².